The average Bonchev–Trinajstić information content (AvgIpc) is 3.20. The van der Waals surface area contributed by atoms with E-state index < -0.39 is 5.97 Å². The molecule has 0 aliphatic rings. The number of aryl methyl sites for hydroxylation is 1. The van der Waals surface area contributed by atoms with Gasteiger partial charge in [0, 0.05) is 24.7 Å². The highest BCUT2D eigenvalue weighted by Gasteiger charge is 2.12. The first-order chi connectivity index (χ1) is 14.6. The van der Waals surface area contributed by atoms with Crippen molar-refractivity contribution in [3.63, 3.8) is 0 Å². The van der Waals surface area contributed by atoms with Gasteiger partial charge >= 0.3 is 5.97 Å². The van der Waals surface area contributed by atoms with Gasteiger partial charge in [0.15, 0.2) is 0 Å². The summed E-state index contributed by atoms with van der Waals surface area (Å²) in [7, 11) is 0. The van der Waals surface area contributed by atoms with Crippen LogP contribution >= 0.6 is 0 Å². The standard InChI is InChI=1S/C24H27N3O3/c1-3-7-20(19-8-5-4-6-9-19)15-22-26-27-24(30-22)21-11-10-18(14-17(21)2)16-25-13-12-23(28)29/h4-6,8-11,14-15,25H,3,7,12-13,16H2,1-2H3,(H,28,29)/b20-15-. The molecule has 2 aromatic carbocycles. The van der Waals surface area contributed by atoms with Crippen LogP contribution < -0.4 is 5.32 Å². The van der Waals surface area contributed by atoms with E-state index in [2.05, 4.69) is 40.6 Å². The van der Waals surface area contributed by atoms with Gasteiger partial charge in [-0.3, -0.25) is 4.79 Å². The van der Waals surface area contributed by atoms with Crippen molar-refractivity contribution in [3.8, 4) is 11.5 Å². The zero-order chi connectivity index (χ0) is 21.3. The van der Waals surface area contributed by atoms with Crippen LogP contribution in [-0.4, -0.2) is 27.8 Å². The third-order valence-corrected chi connectivity index (χ3v) is 4.77. The molecule has 0 aliphatic heterocycles. The average molecular weight is 405 g/mol. The second kappa shape index (κ2) is 10.5. The molecular formula is C24H27N3O3. The number of carboxylic acid groups (broad SMARTS) is 1. The number of nitrogens with zero attached hydrogens (tertiary/aromatic N) is 2. The summed E-state index contributed by atoms with van der Waals surface area (Å²) in [4.78, 5) is 10.6. The van der Waals surface area contributed by atoms with Gasteiger partial charge in [-0.2, -0.15) is 0 Å². The van der Waals surface area contributed by atoms with Crippen molar-refractivity contribution in [1.82, 2.24) is 15.5 Å². The summed E-state index contributed by atoms with van der Waals surface area (Å²) in [6.07, 6.45) is 4.04. The van der Waals surface area contributed by atoms with E-state index in [-0.39, 0.29) is 6.42 Å². The van der Waals surface area contributed by atoms with Gasteiger partial charge in [-0.1, -0.05) is 55.8 Å². The van der Waals surface area contributed by atoms with Gasteiger partial charge in [-0.25, -0.2) is 0 Å². The monoisotopic (exact) mass is 405 g/mol. The summed E-state index contributed by atoms with van der Waals surface area (Å²) in [6, 6.07) is 16.2. The smallest absolute Gasteiger partial charge is 0.304 e. The zero-order valence-corrected chi connectivity index (χ0v) is 17.4. The van der Waals surface area contributed by atoms with Crippen LogP contribution in [-0.2, 0) is 11.3 Å². The SMILES string of the molecule is CCC/C(=C/c1nnc(-c2ccc(CNCCC(=O)O)cc2C)o1)c1ccccc1. The van der Waals surface area contributed by atoms with E-state index in [1.54, 1.807) is 0 Å². The Labute approximate surface area is 176 Å². The van der Waals surface area contributed by atoms with E-state index in [0.29, 0.717) is 24.9 Å². The second-order valence-electron chi connectivity index (χ2n) is 7.20. The molecule has 0 spiro atoms. The number of hydrogen-bond acceptors (Lipinski definition) is 5. The molecule has 3 rings (SSSR count). The molecule has 0 amide bonds. The van der Waals surface area contributed by atoms with Crippen molar-refractivity contribution >= 4 is 17.6 Å². The van der Waals surface area contributed by atoms with E-state index in [4.69, 9.17) is 9.52 Å². The van der Waals surface area contributed by atoms with Crippen LogP contribution in [0.2, 0.25) is 0 Å². The minimum atomic E-state index is -0.801. The maximum Gasteiger partial charge on any atom is 0.304 e. The number of carbonyl (C=O) groups is 1. The first kappa shape index (κ1) is 21.5. The van der Waals surface area contributed by atoms with Gasteiger partial charge < -0.3 is 14.8 Å². The number of aliphatic carboxylic acids is 1. The Hall–Kier alpha value is -3.25. The minimum absolute atomic E-state index is 0.109. The molecule has 0 atom stereocenters. The van der Waals surface area contributed by atoms with E-state index in [0.717, 1.165) is 35.1 Å². The van der Waals surface area contributed by atoms with Crippen LogP contribution in [0.3, 0.4) is 0 Å². The Balaban J connectivity index is 1.74. The van der Waals surface area contributed by atoms with Gasteiger partial charge in [0.05, 0.1) is 6.42 Å². The molecule has 3 aromatic rings. The lowest BCUT2D eigenvalue weighted by Crippen LogP contribution is -2.17. The molecule has 0 unspecified atom stereocenters. The predicted molar refractivity (Wildman–Crippen MR) is 118 cm³/mol. The Bertz CT molecular complexity index is 1010. The Kier molecular flexibility index (Phi) is 7.51. The largest absolute Gasteiger partial charge is 0.481 e. The van der Waals surface area contributed by atoms with Crippen LogP contribution in [0.1, 0.15) is 48.8 Å². The quantitative estimate of drug-likeness (QED) is 0.464. The molecular weight excluding hydrogens is 378 g/mol. The van der Waals surface area contributed by atoms with Crippen molar-refractivity contribution in [2.24, 2.45) is 0 Å². The lowest BCUT2D eigenvalue weighted by molar-refractivity contribution is -0.136. The van der Waals surface area contributed by atoms with Crippen molar-refractivity contribution in [2.75, 3.05) is 6.54 Å². The molecule has 1 aromatic heterocycles. The van der Waals surface area contributed by atoms with Crippen LogP contribution in [0.25, 0.3) is 23.1 Å². The summed E-state index contributed by atoms with van der Waals surface area (Å²) in [6.45, 7) is 5.21. The first-order valence-electron chi connectivity index (χ1n) is 10.2. The highest BCUT2D eigenvalue weighted by atomic mass is 16.4. The van der Waals surface area contributed by atoms with E-state index in [1.807, 2.05) is 43.3 Å². The maximum atomic E-state index is 10.6. The van der Waals surface area contributed by atoms with Crippen LogP contribution in [0.4, 0.5) is 0 Å². The molecule has 156 valence electrons. The molecule has 0 saturated heterocycles. The second-order valence-corrected chi connectivity index (χ2v) is 7.20. The van der Waals surface area contributed by atoms with Crippen molar-refractivity contribution < 1.29 is 14.3 Å². The lowest BCUT2D eigenvalue weighted by atomic mass is 10.0. The molecule has 1 heterocycles. The minimum Gasteiger partial charge on any atom is -0.481 e. The van der Waals surface area contributed by atoms with Crippen LogP contribution in [0.15, 0.2) is 52.9 Å². The number of aromatic nitrogens is 2. The zero-order valence-electron chi connectivity index (χ0n) is 17.4. The lowest BCUT2D eigenvalue weighted by Gasteiger charge is -2.07. The van der Waals surface area contributed by atoms with Crippen molar-refractivity contribution in [3.05, 3.63) is 71.1 Å². The predicted octanol–water partition coefficient (Wildman–Crippen LogP) is 4.95. The summed E-state index contributed by atoms with van der Waals surface area (Å²) in [5.41, 5.74) is 5.34. The molecule has 0 bridgehead atoms. The van der Waals surface area contributed by atoms with Gasteiger partial charge in [0.25, 0.3) is 0 Å². The Morgan fingerprint density at radius 2 is 1.93 bits per heavy atom. The number of nitrogens with one attached hydrogen (secondary N) is 1. The summed E-state index contributed by atoms with van der Waals surface area (Å²) >= 11 is 0. The van der Waals surface area contributed by atoms with E-state index in [1.165, 1.54) is 5.57 Å². The number of rotatable bonds is 10. The van der Waals surface area contributed by atoms with Crippen molar-refractivity contribution in [2.45, 2.75) is 39.7 Å². The number of carboxylic acids is 1. The van der Waals surface area contributed by atoms with Gasteiger partial charge in [-0.15, -0.1) is 10.2 Å². The highest BCUT2D eigenvalue weighted by Crippen LogP contribution is 2.26. The third-order valence-electron chi connectivity index (χ3n) is 4.77. The van der Waals surface area contributed by atoms with Gasteiger partial charge in [0.1, 0.15) is 0 Å². The van der Waals surface area contributed by atoms with Crippen LogP contribution in [0.5, 0.6) is 0 Å². The van der Waals surface area contributed by atoms with Gasteiger partial charge in [-0.05, 0) is 41.7 Å². The highest BCUT2D eigenvalue weighted by molar-refractivity contribution is 5.79. The van der Waals surface area contributed by atoms with Crippen LogP contribution in [0, 0.1) is 6.92 Å². The Morgan fingerprint density at radius 1 is 1.13 bits per heavy atom. The van der Waals surface area contributed by atoms with E-state index in [9.17, 15) is 4.79 Å². The molecule has 0 fully saturated rings. The topological polar surface area (TPSA) is 88.2 Å². The van der Waals surface area contributed by atoms with E-state index >= 15 is 0 Å². The third kappa shape index (κ3) is 5.87. The molecule has 0 aliphatic carbocycles. The molecule has 6 nitrogen and oxygen atoms in total. The fraction of sp³-hybridized carbons (Fsp3) is 0.292. The fourth-order valence-corrected chi connectivity index (χ4v) is 3.28. The van der Waals surface area contributed by atoms with Crippen molar-refractivity contribution in [1.29, 1.82) is 0 Å². The molecule has 0 radical (unpaired) electrons. The summed E-state index contributed by atoms with van der Waals surface area (Å²) < 4.78 is 5.93. The number of benzene rings is 2. The number of hydrogen-bond donors (Lipinski definition) is 2. The summed E-state index contributed by atoms with van der Waals surface area (Å²) in [5.74, 6) is 0.189. The first-order valence-corrected chi connectivity index (χ1v) is 10.2. The molecule has 6 heteroatoms. The summed E-state index contributed by atoms with van der Waals surface area (Å²) in [5, 5.41) is 20.3. The molecule has 30 heavy (non-hydrogen) atoms. The molecule has 0 saturated carbocycles. The van der Waals surface area contributed by atoms with Gasteiger partial charge in [0.2, 0.25) is 11.8 Å². The maximum absolute atomic E-state index is 10.6. The number of allylic oxidation sites excluding steroid dienone is 1. The normalized spacial score (nSPS) is 11.6. The molecule has 2 N–H and O–H groups in total. The Morgan fingerprint density at radius 3 is 2.63 bits per heavy atom. The fourth-order valence-electron chi connectivity index (χ4n) is 3.28.